The number of aromatic nitrogens is 2. The molecule has 1 aliphatic heterocycles. The van der Waals surface area contributed by atoms with Crippen molar-refractivity contribution in [2.75, 3.05) is 4.90 Å². The van der Waals surface area contributed by atoms with Gasteiger partial charge in [0.1, 0.15) is 0 Å². The van der Waals surface area contributed by atoms with Crippen molar-refractivity contribution in [2.45, 2.75) is 19.4 Å². The number of anilines is 1. The topological polar surface area (TPSA) is 103 Å². The maximum atomic E-state index is 12.2. The van der Waals surface area contributed by atoms with E-state index in [0.29, 0.717) is 11.6 Å². The summed E-state index contributed by atoms with van der Waals surface area (Å²) in [6.07, 6.45) is 0.412. The Bertz CT molecular complexity index is 1010. The van der Waals surface area contributed by atoms with Gasteiger partial charge in [-0.1, -0.05) is 18.2 Å². The molecule has 0 radical (unpaired) electrons. The molecule has 2 heterocycles. The Balaban J connectivity index is 1.38. The molecular weight excluding hydrogens is 362 g/mol. The van der Waals surface area contributed by atoms with Crippen LogP contribution in [-0.2, 0) is 20.9 Å². The van der Waals surface area contributed by atoms with Gasteiger partial charge in [0.25, 0.3) is 5.89 Å². The second kappa shape index (κ2) is 7.43. The average molecular weight is 377 g/mol. The van der Waals surface area contributed by atoms with Crippen molar-refractivity contribution in [3.63, 3.8) is 0 Å². The first-order valence-corrected chi connectivity index (χ1v) is 8.62. The lowest BCUT2D eigenvalue weighted by atomic mass is 10.2. The number of carbonyl (C=O) groups excluding carboxylic acids is 3. The second-order valence-electron chi connectivity index (χ2n) is 6.11. The van der Waals surface area contributed by atoms with Crippen molar-refractivity contribution in [2.24, 2.45) is 0 Å². The molecule has 2 aromatic carbocycles. The number of imide groups is 1. The highest BCUT2D eigenvalue weighted by molar-refractivity contribution is 6.19. The van der Waals surface area contributed by atoms with Gasteiger partial charge in [0.15, 0.2) is 6.61 Å². The lowest BCUT2D eigenvalue weighted by molar-refractivity contribution is -0.121. The summed E-state index contributed by atoms with van der Waals surface area (Å²) in [4.78, 5) is 36.8. The van der Waals surface area contributed by atoms with Crippen LogP contribution in [0.15, 0.2) is 59.0 Å². The van der Waals surface area contributed by atoms with E-state index in [1.807, 2.05) is 30.3 Å². The van der Waals surface area contributed by atoms with Gasteiger partial charge in [0.2, 0.25) is 17.7 Å². The van der Waals surface area contributed by atoms with E-state index in [1.165, 1.54) is 24.3 Å². The molecule has 1 aliphatic rings. The molecule has 0 unspecified atom stereocenters. The first-order valence-electron chi connectivity index (χ1n) is 8.62. The summed E-state index contributed by atoms with van der Waals surface area (Å²) in [5.41, 5.74) is 1.49. The van der Waals surface area contributed by atoms with Crippen molar-refractivity contribution in [3.05, 3.63) is 66.1 Å². The number of hydrogen-bond donors (Lipinski definition) is 0. The summed E-state index contributed by atoms with van der Waals surface area (Å²) in [6, 6.07) is 15.3. The highest BCUT2D eigenvalue weighted by Crippen LogP contribution is 2.23. The summed E-state index contributed by atoms with van der Waals surface area (Å²) >= 11 is 0. The maximum absolute atomic E-state index is 12.2. The van der Waals surface area contributed by atoms with Crippen LogP contribution in [-0.4, -0.2) is 28.0 Å². The minimum atomic E-state index is -0.579. The van der Waals surface area contributed by atoms with E-state index < -0.39 is 5.97 Å². The van der Waals surface area contributed by atoms with E-state index >= 15 is 0 Å². The van der Waals surface area contributed by atoms with Crippen molar-refractivity contribution >= 4 is 23.5 Å². The van der Waals surface area contributed by atoms with Gasteiger partial charge in [0, 0.05) is 18.4 Å². The summed E-state index contributed by atoms with van der Waals surface area (Å²) in [5, 5.41) is 7.80. The number of amides is 2. The fourth-order valence-corrected chi connectivity index (χ4v) is 2.83. The zero-order valence-electron chi connectivity index (χ0n) is 14.7. The number of esters is 1. The van der Waals surface area contributed by atoms with Gasteiger partial charge in [-0.15, -0.1) is 10.2 Å². The molecule has 0 saturated carbocycles. The number of nitrogens with zero attached hydrogens (tertiary/aromatic N) is 3. The van der Waals surface area contributed by atoms with E-state index in [4.69, 9.17) is 9.15 Å². The van der Waals surface area contributed by atoms with Crippen LogP contribution in [0.1, 0.15) is 29.1 Å². The van der Waals surface area contributed by atoms with Gasteiger partial charge in [-0.25, -0.2) is 4.79 Å². The monoisotopic (exact) mass is 377 g/mol. The molecule has 0 aliphatic carbocycles. The zero-order valence-corrected chi connectivity index (χ0v) is 14.7. The number of benzene rings is 2. The molecule has 140 valence electrons. The minimum Gasteiger partial charge on any atom is -0.452 e. The molecule has 0 bridgehead atoms. The Morgan fingerprint density at radius 2 is 1.64 bits per heavy atom. The normalized spacial score (nSPS) is 13.8. The summed E-state index contributed by atoms with van der Waals surface area (Å²) in [7, 11) is 0. The van der Waals surface area contributed by atoms with Crippen LogP contribution < -0.4 is 4.90 Å². The molecule has 1 fully saturated rings. The third-order valence-electron chi connectivity index (χ3n) is 4.23. The van der Waals surface area contributed by atoms with E-state index in [-0.39, 0.29) is 42.7 Å². The van der Waals surface area contributed by atoms with Gasteiger partial charge in [-0.2, -0.15) is 0 Å². The number of hydrogen-bond acceptors (Lipinski definition) is 7. The van der Waals surface area contributed by atoms with E-state index in [1.54, 1.807) is 0 Å². The highest BCUT2D eigenvalue weighted by Gasteiger charge is 2.30. The highest BCUT2D eigenvalue weighted by atomic mass is 16.5. The second-order valence-corrected chi connectivity index (χ2v) is 6.11. The van der Waals surface area contributed by atoms with E-state index in [0.717, 1.165) is 10.5 Å². The minimum absolute atomic E-state index is 0.163. The van der Waals surface area contributed by atoms with Crippen molar-refractivity contribution in [1.82, 2.24) is 10.2 Å². The van der Waals surface area contributed by atoms with Crippen LogP contribution in [0.4, 0.5) is 5.69 Å². The molecule has 2 amide bonds. The van der Waals surface area contributed by atoms with Gasteiger partial charge >= 0.3 is 5.97 Å². The van der Waals surface area contributed by atoms with Gasteiger partial charge in [0.05, 0.1) is 11.3 Å². The predicted octanol–water partition coefficient (Wildman–Crippen LogP) is 2.75. The molecule has 0 spiro atoms. The van der Waals surface area contributed by atoms with E-state index in [2.05, 4.69) is 10.2 Å². The Morgan fingerprint density at radius 3 is 2.32 bits per heavy atom. The maximum Gasteiger partial charge on any atom is 0.338 e. The molecule has 1 saturated heterocycles. The van der Waals surface area contributed by atoms with Crippen LogP contribution in [0.3, 0.4) is 0 Å². The summed E-state index contributed by atoms with van der Waals surface area (Å²) < 4.78 is 10.7. The molecule has 0 atom stereocenters. The number of rotatable bonds is 5. The molecule has 28 heavy (non-hydrogen) atoms. The Hall–Kier alpha value is -3.81. The van der Waals surface area contributed by atoms with Gasteiger partial charge in [-0.3, -0.25) is 14.5 Å². The lowest BCUT2D eigenvalue weighted by Crippen LogP contribution is -2.28. The number of ether oxygens (including phenoxy) is 1. The molecule has 8 nitrogen and oxygen atoms in total. The van der Waals surface area contributed by atoms with Crippen LogP contribution in [0.5, 0.6) is 0 Å². The summed E-state index contributed by atoms with van der Waals surface area (Å²) in [5.74, 6) is -0.546. The molecule has 1 aromatic heterocycles. The third-order valence-corrected chi connectivity index (χ3v) is 4.23. The van der Waals surface area contributed by atoms with Crippen molar-refractivity contribution in [3.8, 4) is 11.5 Å². The molecule has 0 N–H and O–H groups in total. The van der Waals surface area contributed by atoms with E-state index in [9.17, 15) is 14.4 Å². The smallest absolute Gasteiger partial charge is 0.338 e. The van der Waals surface area contributed by atoms with Gasteiger partial charge < -0.3 is 9.15 Å². The number of carbonyl (C=O) groups is 3. The Labute approximate surface area is 159 Å². The Kier molecular flexibility index (Phi) is 4.67. The van der Waals surface area contributed by atoms with Crippen LogP contribution >= 0.6 is 0 Å². The standard InChI is InChI=1S/C20H15N3O5/c24-17-10-11-18(25)23(17)15-8-6-14(7-9-15)20(26)27-12-16-21-22-19(28-16)13-4-2-1-3-5-13/h1-9H,10-12H2. The molecular formula is C20H15N3O5. The van der Waals surface area contributed by atoms with Gasteiger partial charge in [-0.05, 0) is 36.4 Å². The summed E-state index contributed by atoms with van der Waals surface area (Å²) in [6.45, 7) is -0.163. The quantitative estimate of drug-likeness (QED) is 0.497. The average Bonchev–Trinajstić information content (AvgIpc) is 3.33. The third kappa shape index (κ3) is 3.52. The fraction of sp³-hybridized carbons (Fsp3) is 0.150. The van der Waals surface area contributed by atoms with Crippen LogP contribution in [0.25, 0.3) is 11.5 Å². The zero-order chi connectivity index (χ0) is 19.5. The fourth-order valence-electron chi connectivity index (χ4n) is 2.83. The van der Waals surface area contributed by atoms with Crippen molar-refractivity contribution < 1.29 is 23.5 Å². The Morgan fingerprint density at radius 1 is 0.964 bits per heavy atom. The lowest BCUT2D eigenvalue weighted by Gasteiger charge is -2.13. The molecule has 4 rings (SSSR count). The van der Waals surface area contributed by atoms with Crippen molar-refractivity contribution in [1.29, 1.82) is 0 Å². The SMILES string of the molecule is O=C(OCc1nnc(-c2ccccc2)o1)c1ccc(N2C(=O)CCC2=O)cc1. The van der Waals surface area contributed by atoms with Crippen LogP contribution in [0, 0.1) is 0 Å². The molecule has 3 aromatic rings. The predicted molar refractivity (Wildman–Crippen MR) is 97.0 cm³/mol. The first kappa shape index (κ1) is 17.6. The largest absolute Gasteiger partial charge is 0.452 e. The van der Waals surface area contributed by atoms with Crippen LogP contribution in [0.2, 0.25) is 0 Å². The first-order chi connectivity index (χ1) is 13.6. The molecule has 8 heteroatoms.